The van der Waals surface area contributed by atoms with Gasteiger partial charge in [0.15, 0.2) is 16.7 Å². The predicted molar refractivity (Wildman–Crippen MR) is 151 cm³/mol. The van der Waals surface area contributed by atoms with E-state index < -0.39 is 10.0 Å². The van der Waals surface area contributed by atoms with Crippen LogP contribution in [0.4, 0.5) is 0 Å². The minimum absolute atomic E-state index is 0.0850. The zero-order valence-corrected chi connectivity index (χ0v) is 23.3. The van der Waals surface area contributed by atoms with Gasteiger partial charge in [0.25, 0.3) is 0 Å². The summed E-state index contributed by atoms with van der Waals surface area (Å²) < 4.78 is 36.8. The fourth-order valence-corrected chi connectivity index (χ4v) is 5.45. The molecule has 2 N–H and O–H groups in total. The fraction of sp³-hybridized carbons (Fsp3) is 0.276. The highest BCUT2D eigenvalue weighted by atomic mass is 35.5. The summed E-state index contributed by atoms with van der Waals surface area (Å²) in [6.07, 6.45) is 2.04. The number of sulfonamides is 1. The van der Waals surface area contributed by atoms with Crippen molar-refractivity contribution in [1.82, 2.24) is 14.5 Å². The number of hydrogen-bond donors (Lipinski definition) is 1. The average Bonchev–Trinajstić information content (AvgIpc) is 3.51. The van der Waals surface area contributed by atoms with E-state index in [2.05, 4.69) is 16.4 Å². The average molecular weight is 567 g/mol. The van der Waals surface area contributed by atoms with Gasteiger partial charge in [0.05, 0.1) is 10.6 Å². The second-order valence-corrected chi connectivity index (χ2v) is 11.5. The van der Waals surface area contributed by atoms with Crippen LogP contribution in [0.1, 0.15) is 36.6 Å². The Morgan fingerprint density at radius 1 is 0.949 bits per heavy atom. The Morgan fingerprint density at radius 2 is 1.64 bits per heavy atom. The summed E-state index contributed by atoms with van der Waals surface area (Å²) in [4.78, 5) is 7.11. The van der Waals surface area contributed by atoms with Crippen LogP contribution in [0.15, 0.2) is 77.7 Å². The van der Waals surface area contributed by atoms with Crippen LogP contribution in [0, 0.1) is 0 Å². The molecule has 0 amide bonds. The molecule has 204 valence electrons. The molecule has 3 aromatic carbocycles. The second kappa shape index (κ2) is 11.8. The Kier molecular flexibility index (Phi) is 8.23. The number of fused-ring (bicyclic) bond motifs is 1. The molecule has 1 aromatic heterocycles. The van der Waals surface area contributed by atoms with Crippen molar-refractivity contribution in [2.24, 2.45) is 5.14 Å². The van der Waals surface area contributed by atoms with Crippen LogP contribution in [-0.4, -0.2) is 29.7 Å². The maximum absolute atomic E-state index is 11.7. The van der Waals surface area contributed by atoms with E-state index in [1.807, 2.05) is 48.5 Å². The normalized spacial score (nSPS) is 12.8. The van der Waals surface area contributed by atoms with Crippen molar-refractivity contribution in [3.05, 3.63) is 94.8 Å². The van der Waals surface area contributed by atoms with Gasteiger partial charge in [0, 0.05) is 31.7 Å². The molecule has 8 nitrogen and oxygen atoms in total. The van der Waals surface area contributed by atoms with Gasteiger partial charge in [-0.2, -0.15) is 0 Å². The van der Waals surface area contributed by atoms with Crippen LogP contribution < -0.4 is 14.6 Å². The lowest BCUT2D eigenvalue weighted by Crippen LogP contribution is -2.24. The quantitative estimate of drug-likeness (QED) is 0.254. The zero-order valence-electron chi connectivity index (χ0n) is 21.7. The van der Waals surface area contributed by atoms with Gasteiger partial charge < -0.3 is 14.0 Å². The second-order valence-electron chi connectivity index (χ2n) is 9.57. The van der Waals surface area contributed by atoms with E-state index >= 15 is 0 Å². The number of imidazole rings is 1. The first-order valence-corrected chi connectivity index (χ1v) is 14.8. The molecule has 4 aromatic rings. The van der Waals surface area contributed by atoms with E-state index in [-0.39, 0.29) is 11.7 Å². The van der Waals surface area contributed by atoms with E-state index in [1.165, 1.54) is 12.1 Å². The SMILES string of the molecule is CCCCn1c(-c2ccccc2)nc(Cl)c1CN(Cc1ccc(S(N)(=O)=O)cc1)Cc1ccc2c(c1)OCO2. The summed E-state index contributed by atoms with van der Waals surface area (Å²) >= 11 is 6.80. The number of nitrogens with zero attached hydrogens (tertiary/aromatic N) is 3. The first-order valence-electron chi connectivity index (χ1n) is 12.8. The number of benzene rings is 3. The molecule has 0 unspecified atom stereocenters. The molecular formula is C29H31ClN4O4S. The van der Waals surface area contributed by atoms with E-state index in [0.29, 0.717) is 24.8 Å². The fourth-order valence-electron chi connectivity index (χ4n) is 4.69. The smallest absolute Gasteiger partial charge is 0.238 e. The molecule has 1 aliphatic rings. The van der Waals surface area contributed by atoms with E-state index in [4.69, 9.17) is 31.2 Å². The van der Waals surface area contributed by atoms with Gasteiger partial charge in [-0.05, 0) is 41.8 Å². The molecular weight excluding hydrogens is 536 g/mol. The van der Waals surface area contributed by atoms with Crippen LogP contribution in [0.5, 0.6) is 11.5 Å². The number of ether oxygens (including phenoxy) is 2. The van der Waals surface area contributed by atoms with Gasteiger partial charge >= 0.3 is 0 Å². The van der Waals surface area contributed by atoms with Crippen molar-refractivity contribution in [1.29, 1.82) is 0 Å². The highest BCUT2D eigenvalue weighted by Crippen LogP contribution is 2.34. The molecule has 0 aliphatic carbocycles. The maximum Gasteiger partial charge on any atom is 0.238 e. The Balaban J connectivity index is 1.48. The van der Waals surface area contributed by atoms with Crippen LogP contribution in [0.2, 0.25) is 5.15 Å². The number of nitrogens with two attached hydrogens (primary N) is 1. The van der Waals surface area contributed by atoms with Gasteiger partial charge in [0.1, 0.15) is 5.82 Å². The molecule has 0 saturated carbocycles. The highest BCUT2D eigenvalue weighted by Gasteiger charge is 2.21. The Labute approximate surface area is 234 Å². The van der Waals surface area contributed by atoms with E-state index in [1.54, 1.807) is 12.1 Å². The Morgan fingerprint density at radius 3 is 2.36 bits per heavy atom. The number of halogens is 1. The molecule has 1 aliphatic heterocycles. The van der Waals surface area contributed by atoms with Crippen molar-refractivity contribution in [3.8, 4) is 22.9 Å². The van der Waals surface area contributed by atoms with Crippen molar-refractivity contribution in [2.45, 2.75) is 50.8 Å². The summed E-state index contributed by atoms with van der Waals surface area (Å²) in [5.74, 6) is 2.31. The standard InChI is InChI=1S/C29H31ClN4O4S/c1-2-3-15-34-25(28(30)32-29(34)23-7-5-4-6-8-23)19-33(17-21-9-12-24(13-10-21)39(31,35)36)18-22-11-14-26-27(16-22)38-20-37-26/h4-14,16H,2-3,15,17-20H2,1H3,(H2,31,35,36). The molecule has 0 saturated heterocycles. The number of primary sulfonamides is 1. The lowest BCUT2D eigenvalue weighted by atomic mass is 10.1. The topological polar surface area (TPSA) is 99.7 Å². The summed E-state index contributed by atoms with van der Waals surface area (Å²) in [6.45, 7) is 4.87. The van der Waals surface area contributed by atoms with Crippen LogP contribution in [0.3, 0.4) is 0 Å². The molecule has 0 spiro atoms. The number of unbranched alkanes of at least 4 members (excludes halogenated alkanes) is 1. The van der Waals surface area contributed by atoms with Gasteiger partial charge in [-0.1, -0.05) is 73.5 Å². The number of hydrogen-bond acceptors (Lipinski definition) is 6. The van der Waals surface area contributed by atoms with Crippen LogP contribution >= 0.6 is 11.6 Å². The summed E-state index contributed by atoms with van der Waals surface area (Å²) in [7, 11) is -3.76. The molecule has 0 radical (unpaired) electrons. The van der Waals surface area contributed by atoms with Crippen molar-refractivity contribution >= 4 is 21.6 Å². The van der Waals surface area contributed by atoms with Gasteiger partial charge in [-0.25, -0.2) is 18.5 Å². The van der Waals surface area contributed by atoms with Crippen molar-refractivity contribution in [2.75, 3.05) is 6.79 Å². The lowest BCUT2D eigenvalue weighted by molar-refractivity contribution is 0.174. The molecule has 0 fully saturated rings. The van der Waals surface area contributed by atoms with E-state index in [9.17, 15) is 8.42 Å². The molecule has 2 heterocycles. The molecule has 0 atom stereocenters. The summed E-state index contributed by atoms with van der Waals surface area (Å²) in [5.41, 5.74) is 3.95. The zero-order chi connectivity index (χ0) is 27.4. The minimum Gasteiger partial charge on any atom is -0.454 e. The molecule has 5 rings (SSSR count). The third kappa shape index (κ3) is 6.45. The van der Waals surface area contributed by atoms with E-state index in [0.717, 1.165) is 59.1 Å². The first-order chi connectivity index (χ1) is 18.8. The third-order valence-corrected chi connectivity index (χ3v) is 7.90. The predicted octanol–water partition coefficient (Wildman–Crippen LogP) is 5.58. The Bertz CT molecular complexity index is 1540. The molecule has 39 heavy (non-hydrogen) atoms. The number of aromatic nitrogens is 2. The largest absolute Gasteiger partial charge is 0.454 e. The molecule has 0 bridgehead atoms. The summed E-state index contributed by atoms with van der Waals surface area (Å²) in [6, 6.07) is 22.7. The summed E-state index contributed by atoms with van der Waals surface area (Å²) in [5, 5.41) is 5.77. The van der Waals surface area contributed by atoms with Gasteiger partial charge in [-0.3, -0.25) is 4.90 Å². The van der Waals surface area contributed by atoms with Crippen molar-refractivity contribution < 1.29 is 17.9 Å². The Hall–Kier alpha value is -3.37. The lowest BCUT2D eigenvalue weighted by Gasteiger charge is -2.24. The maximum atomic E-state index is 11.7. The highest BCUT2D eigenvalue weighted by molar-refractivity contribution is 7.89. The molecule has 10 heteroatoms. The van der Waals surface area contributed by atoms with Crippen LogP contribution in [0.25, 0.3) is 11.4 Å². The van der Waals surface area contributed by atoms with Gasteiger partial charge in [-0.15, -0.1) is 0 Å². The van der Waals surface area contributed by atoms with Crippen molar-refractivity contribution in [3.63, 3.8) is 0 Å². The monoisotopic (exact) mass is 566 g/mol. The minimum atomic E-state index is -3.76. The first kappa shape index (κ1) is 27.2. The van der Waals surface area contributed by atoms with Crippen LogP contribution in [-0.2, 0) is 36.2 Å². The van der Waals surface area contributed by atoms with Gasteiger partial charge in [0.2, 0.25) is 16.8 Å². The third-order valence-electron chi connectivity index (χ3n) is 6.67. The number of rotatable bonds is 11.